The molecule has 0 spiro atoms. The first kappa shape index (κ1) is 15.1. The number of hydrogen-bond acceptors (Lipinski definition) is 2. The van der Waals surface area contributed by atoms with E-state index in [1.54, 1.807) is 0 Å². The predicted molar refractivity (Wildman–Crippen MR) is 83.3 cm³/mol. The Morgan fingerprint density at radius 1 is 1.35 bits per heavy atom. The quantitative estimate of drug-likeness (QED) is 0.450. The van der Waals surface area contributed by atoms with Crippen LogP contribution in [0.3, 0.4) is 0 Å². The van der Waals surface area contributed by atoms with Crippen molar-refractivity contribution in [2.75, 3.05) is 6.61 Å². The van der Waals surface area contributed by atoms with Crippen LogP contribution in [0.25, 0.3) is 6.08 Å². The van der Waals surface area contributed by atoms with Gasteiger partial charge in [-0.2, -0.15) is 0 Å². The first-order valence-electron chi connectivity index (χ1n) is 7.32. The van der Waals surface area contributed by atoms with Gasteiger partial charge < -0.3 is 4.74 Å². The molecule has 3 heteroatoms. The highest BCUT2D eigenvalue weighted by atomic mass is 35.5. The second-order valence-corrected chi connectivity index (χ2v) is 5.69. The summed E-state index contributed by atoms with van der Waals surface area (Å²) in [6.07, 6.45) is 6.76. The SMILES string of the molecule is CCCCOc1ccc(C=C2CCCC(Cl)C2=O)cc1. The number of alkyl halides is 1. The minimum atomic E-state index is -0.341. The molecular formula is C17H21ClO2. The van der Waals surface area contributed by atoms with Crippen LogP contribution in [0.15, 0.2) is 29.8 Å². The molecule has 2 nitrogen and oxygen atoms in total. The number of carbonyl (C=O) groups excluding carboxylic acids is 1. The van der Waals surface area contributed by atoms with Crippen molar-refractivity contribution in [2.24, 2.45) is 0 Å². The first-order valence-corrected chi connectivity index (χ1v) is 7.76. The average molecular weight is 293 g/mol. The van der Waals surface area contributed by atoms with E-state index in [1.165, 1.54) is 0 Å². The third-order valence-electron chi connectivity index (χ3n) is 3.49. The molecular weight excluding hydrogens is 272 g/mol. The summed E-state index contributed by atoms with van der Waals surface area (Å²) in [5.41, 5.74) is 1.87. The van der Waals surface area contributed by atoms with Gasteiger partial charge in [0.05, 0.1) is 12.0 Å². The number of ketones is 1. The van der Waals surface area contributed by atoms with Crippen molar-refractivity contribution in [1.29, 1.82) is 0 Å². The van der Waals surface area contributed by atoms with E-state index in [4.69, 9.17) is 16.3 Å². The maximum Gasteiger partial charge on any atom is 0.176 e. The normalized spacial score (nSPS) is 21.2. The molecule has 0 aromatic heterocycles. The molecule has 1 aliphatic rings. The van der Waals surface area contributed by atoms with Crippen LogP contribution in [0.1, 0.15) is 44.6 Å². The molecule has 0 amide bonds. The third kappa shape index (κ3) is 4.11. The minimum Gasteiger partial charge on any atom is -0.494 e. The Hall–Kier alpha value is -1.28. The highest BCUT2D eigenvalue weighted by Crippen LogP contribution is 2.26. The van der Waals surface area contributed by atoms with Gasteiger partial charge in [0, 0.05) is 0 Å². The van der Waals surface area contributed by atoms with Gasteiger partial charge in [0.2, 0.25) is 0 Å². The van der Waals surface area contributed by atoms with Crippen molar-refractivity contribution < 1.29 is 9.53 Å². The van der Waals surface area contributed by atoms with Crippen molar-refractivity contribution >= 4 is 23.5 Å². The Bertz CT molecular complexity index is 476. The summed E-state index contributed by atoms with van der Waals surface area (Å²) in [6, 6.07) is 7.87. The minimum absolute atomic E-state index is 0.0844. The zero-order valence-electron chi connectivity index (χ0n) is 11.9. The molecule has 0 N–H and O–H groups in total. The second-order valence-electron chi connectivity index (χ2n) is 5.16. The lowest BCUT2D eigenvalue weighted by Gasteiger charge is -2.17. The first-order chi connectivity index (χ1) is 9.70. The summed E-state index contributed by atoms with van der Waals surface area (Å²) in [6.45, 7) is 2.90. The molecule has 1 aliphatic carbocycles. The van der Waals surface area contributed by atoms with Gasteiger partial charge in [-0.05, 0) is 55.0 Å². The largest absolute Gasteiger partial charge is 0.494 e. The molecule has 1 fully saturated rings. The molecule has 0 aliphatic heterocycles. The highest BCUT2D eigenvalue weighted by molar-refractivity contribution is 6.34. The monoisotopic (exact) mass is 292 g/mol. The van der Waals surface area contributed by atoms with Gasteiger partial charge in [0.1, 0.15) is 5.75 Å². The van der Waals surface area contributed by atoms with Gasteiger partial charge >= 0.3 is 0 Å². The van der Waals surface area contributed by atoms with E-state index in [0.29, 0.717) is 0 Å². The van der Waals surface area contributed by atoms with Crippen LogP contribution < -0.4 is 4.74 Å². The van der Waals surface area contributed by atoms with Gasteiger partial charge in [-0.3, -0.25) is 4.79 Å². The zero-order valence-corrected chi connectivity index (χ0v) is 12.7. The summed E-state index contributed by atoms with van der Waals surface area (Å²) < 4.78 is 5.62. The van der Waals surface area contributed by atoms with Crippen LogP contribution >= 0.6 is 11.6 Å². The van der Waals surface area contributed by atoms with Gasteiger partial charge in [-0.25, -0.2) is 0 Å². The van der Waals surface area contributed by atoms with Crippen LogP contribution in [-0.2, 0) is 4.79 Å². The zero-order chi connectivity index (χ0) is 14.4. The predicted octanol–water partition coefficient (Wildman–Crippen LogP) is 4.61. The molecule has 0 radical (unpaired) electrons. The van der Waals surface area contributed by atoms with Crippen LogP contribution in [0.5, 0.6) is 5.75 Å². The maximum atomic E-state index is 11.9. The average Bonchev–Trinajstić information content (AvgIpc) is 2.46. The molecule has 0 saturated heterocycles. The Kier molecular flexibility index (Phi) is 5.66. The molecule has 20 heavy (non-hydrogen) atoms. The fourth-order valence-corrected chi connectivity index (χ4v) is 2.56. The van der Waals surface area contributed by atoms with Crippen LogP contribution in [0.2, 0.25) is 0 Å². The maximum absolute atomic E-state index is 11.9. The summed E-state index contributed by atoms with van der Waals surface area (Å²) in [4.78, 5) is 11.9. The molecule has 1 aromatic carbocycles. The summed E-state index contributed by atoms with van der Waals surface area (Å²) in [7, 11) is 0. The lowest BCUT2D eigenvalue weighted by Crippen LogP contribution is -2.21. The number of benzene rings is 1. The van der Waals surface area contributed by atoms with Crippen molar-refractivity contribution in [3.05, 3.63) is 35.4 Å². The third-order valence-corrected chi connectivity index (χ3v) is 3.91. The fraction of sp³-hybridized carbons (Fsp3) is 0.471. The van der Waals surface area contributed by atoms with Crippen molar-refractivity contribution in [3.8, 4) is 5.75 Å². The molecule has 1 unspecified atom stereocenters. The number of allylic oxidation sites excluding steroid dienone is 1. The van der Waals surface area contributed by atoms with Crippen molar-refractivity contribution in [3.63, 3.8) is 0 Å². The van der Waals surface area contributed by atoms with Crippen molar-refractivity contribution in [1.82, 2.24) is 0 Å². The molecule has 2 rings (SSSR count). The number of Topliss-reactive ketones (excluding diaryl/α,β-unsaturated/α-hetero) is 1. The number of rotatable bonds is 5. The van der Waals surface area contributed by atoms with E-state index < -0.39 is 0 Å². The van der Waals surface area contributed by atoms with E-state index in [-0.39, 0.29) is 11.2 Å². The van der Waals surface area contributed by atoms with E-state index >= 15 is 0 Å². The lowest BCUT2D eigenvalue weighted by atomic mass is 9.91. The van der Waals surface area contributed by atoms with Crippen molar-refractivity contribution in [2.45, 2.75) is 44.4 Å². The number of halogens is 1. The lowest BCUT2D eigenvalue weighted by molar-refractivity contribution is -0.116. The molecule has 0 heterocycles. The standard InChI is InChI=1S/C17H21ClO2/c1-2-3-11-20-15-9-7-13(8-10-15)12-14-5-4-6-16(18)17(14)19/h7-10,12,16H,2-6,11H2,1H3. The summed E-state index contributed by atoms with van der Waals surface area (Å²) in [5.74, 6) is 0.965. The molecule has 108 valence electrons. The number of unbranched alkanes of at least 4 members (excludes halogenated alkanes) is 1. The number of hydrogen-bond donors (Lipinski definition) is 0. The van der Waals surface area contributed by atoms with E-state index in [2.05, 4.69) is 6.92 Å². The van der Waals surface area contributed by atoms with Crippen LogP contribution in [0.4, 0.5) is 0 Å². The topological polar surface area (TPSA) is 26.3 Å². The van der Waals surface area contributed by atoms with E-state index in [0.717, 1.165) is 55.6 Å². The van der Waals surface area contributed by atoms with Gasteiger partial charge in [0.25, 0.3) is 0 Å². The van der Waals surface area contributed by atoms with Crippen LogP contribution in [-0.4, -0.2) is 17.8 Å². The van der Waals surface area contributed by atoms with E-state index in [1.807, 2.05) is 30.3 Å². The Balaban J connectivity index is 2.01. The fourth-order valence-electron chi connectivity index (χ4n) is 2.27. The second kappa shape index (κ2) is 7.49. The number of ether oxygens (including phenoxy) is 1. The van der Waals surface area contributed by atoms with Gasteiger partial charge in [-0.1, -0.05) is 25.5 Å². The molecule has 0 bridgehead atoms. The van der Waals surface area contributed by atoms with Crippen LogP contribution in [0, 0.1) is 0 Å². The van der Waals surface area contributed by atoms with E-state index in [9.17, 15) is 4.79 Å². The van der Waals surface area contributed by atoms with Gasteiger partial charge in [-0.15, -0.1) is 11.6 Å². The smallest absolute Gasteiger partial charge is 0.176 e. The summed E-state index contributed by atoms with van der Waals surface area (Å²) >= 11 is 6.01. The molecule has 1 aromatic rings. The molecule has 1 atom stereocenters. The summed E-state index contributed by atoms with van der Waals surface area (Å²) in [5, 5.41) is -0.341. The Morgan fingerprint density at radius 2 is 2.10 bits per heavy atom. The Morgan fingerprint density at radius 3 is 2.80 bits per heavy atom. The molecule has 1 saturated carbocycles. The Labute approximate surface area is 125 Å². The highest BCUT2D eigenvalue weighted by Gasteiger charge is 2.24. The number of carbonyl (C=O) groups is 1. The van der Waals surface area contributed by atoms with Gasteiger partial charge in [0.15, 0.2) is 5.78 Å².